The van der Waals surface area contributed by atoms with Gasteiger partial charge in [-0.05, 0) is 12.7 Å². The largest absolute Gasteiger partial charge is 0.368 e. The molecule has 0 aromatic carbocycles. The zero-order valence-corrected chi connectivity index (χ0v) is 14.7. The van der Waals surface area contributed by atoms with Crippen molar-refractivity contribution in [1.82, 2.24) is 25.1 Å². The molecule has 0 saturated heterocycles. The summed E-state index contributed by atoms with van der Waals surface area (Å²) in [7, 11) is 3.74. The van der Waals surface area contributed by atoms with Crippen LogP contribution >= 0.6 is 34.9 Å². The van der Waals surface area contributed by atoms with Gasteiger partial charge in [0.05, 0.1) is 5.25 Å². The van der Waals surface area contributed by atoms with Gasteiger partial charge in [-0.1, -0.05) is 41.8 Å². The molecule has 1 atom stereocenters. The number of thioether (sulfide) groups is 2. The van der Waals surface area contributed by atoms with Crippen molar-refractivity contribution in [2.75, 3.05) is 30.5 Å². The fourth-order valence-electron chi connectivity index (χ4n) is 1.41. The Kier molecular flexibility index (Phi) is 5.59. The van der Waals surface area contributed by atoms with Gasteiger partial charge in [0.2, 0.25) is 11.9 Å². The number of aromatic nitrogens is 5. The molecule has 10 heteroatoms. The van der Waals surface area contributed by atoms with Gasteiger partial charge in [-0.2, -0.15) is 15.0 Å². The van der Waals surface area contributed by atoms with E-state index in [0.29, 0.717) is 11.8 Å². The Morgan fingerprint density at radius 1 is 1.19 bits per heavy atom. The van der Waals surface area contributed by atoms with Crippen LogP contribution in [-0.2, 0) is 0 Å². The lowest BCUT2D eigenvalue weighted by molar-refractivity contribution is 0.862. The molecule has 114 valence electrons. The van der Waals surface area contributed by atoms with E-state index in [-0.39, 0.29) is 11.2 Å². The number of nitrogen functional groups attached to an aromatic ring is 1. The van der Waals surface area contributed by atoms with Gasteiger partial charge in [-0.3, -0.25) is 0 Å². The summed E-state index contributed by atoms with van der Waals surface area (Å²) in [5, 5.41) is 8.35. The molecule has 2 aromatic rings. The van der Waals surface area contributed by atoms with Crippen LogP contribution in [0.15, 0.2) is 8.68 Å². The van der Waals surface area contributed by atoms with Gasteiger partial charge in [-0.15, -0.1) is 10.2 Å². The van der Waals surface area contributed by atoms with Crippen LogP contribution in [0.5, 0.6) is 0 Å². The molecular weight excluding hydrogens is 326 g/mol. The van der Waals surface area contributed by atoms with Crippen molar-refractivity contribution >= 4 is 46.8 Å². The first-order valence-corrected chi connectivity index (χ1v) is 8.99. The molecule has 7 nitrogen and oxygen atoms in total. The average molecular weight is 344 g/mol. The summed E-state index contributed by atoms with van der Waals surface area (Å²) in [6.45, 7) is 4.12. The zero-order chi connectivity index (χ0) is 15.4. The van der Waals surface area contributed by atoms with E-state index in [0.717, 1.165) is 14.4 Å². The SMILES string of the molecule is CCSc1nnc(SC(C)c2nc(N)nc(N(C)C)n2)s1. The first-order chi connectivity index (χ1) is 9.99. The third-order valence-electron chi connectivity index (χ3n) is 2.36. The van der Waals surface area contributed by atoms with Gasteiger partial charge in [-0.25, -0.2) is 0 Å². The van der Waals surface area contributed by atoms with E-state index in [9.17, 15) is 0 Å². The normalized spacial score (nSPS) is 12.4. The lowest BCUT2D eigenvalue weighted by Gasteiger charge is -2.13. The monoisotopic (exact) mass is 343 g/mol. The van der Waals surface area contributed by atoms with E-state index < -0.39 is 0 Å². The zero-order valence-electron chi connectivity index (χ0n) is 12.3. The molecule has 0 saturated carbocycles. The van der Waals surface area contributed by atoms with Gasteiger partial charge < -0.3 is 10.6 Å². The van der Waals surface area contributed by atoms with Crippen LogP contribution in [0.1, 0.15) is 24.9 Å². The molecule has 0 fully saturated rings. The number of hydrogen-bond acceptors (Lipinski definition) is 10. The first-order valence-electron chi connectivity index (χ1n) is 6.31. The lowest BCUT2D eigenvalue weighted by Crippen LogP contribution is -2.16. The highest BCUT2D eigenvalue weighted by Crippen LogP contribution is 2.37. The minimum atomic E-state index is 0.0291. The molecule has 21 heavy (non-hydrogen) atoms. The minimum absolute atomic E-state index is 0.0291. The number of hydrogen-bond donors (Lipinski definition) is 1. The van der Waals surface area contributed by atoms with Crippen LogP contribution in [-0.4, -0.2) is 45.0 Å². The van der Waals surface area contributed by atoms with Gasteiger partial charge in [0.25, 0.3) is 0 Å². The second kappa shape index (κ2) is 7.23. The number of anilines is 2. The summed E-state index contributed by atoms with van der Waals surface area (Å²) in [5.74, 6) is 2.43. The predicted molar refractivity (Wildman–Crippen MR) is 89.1 cm³/mol. The molecule has 2 rings (SSSR count). The van der Waals surface area contributed by atoms with Crippen LogP contribution in [0.2, 0.25) is 0 Å². The van der Waals surface area contributed by atoms with E-state index >= 15 is 0 Å². The quantitative estimate of drug-likeness (QED) is 0.793. The van der Waals surface area contributed by atoms with Gasteiger partial charge in [0.1, 0.15) is 5.82 Å². The van der Waals surface area contributed by atoms with Crippen LogP contribution < -0.4 is 10.6 Å². The molecule has 2 N–H and O–H groups in total. The summed E-state index contributed by atoms with van der Waals surface area (Å²) < 4.78 is 1.89. The third kappa shape index (κ3) is 4.42. The van der Waals surface area contributed by atoms with Crippen molar-refractivity contribution in [3.63, 3.8) is 0 Å². The smallest absolute Gasteiger partial charge is 0.229 e. The molecule has 0 bridgehead atoms. The molecule has 0 aliphatic carbocycles. The van der Waals surface area contributed by atoms with Crippen molar-refractivity contribution in [2.24, 2.45) is 0 Å². The Bertz CT molecular complexity index is 601. The maximum atomic E-state index is 5.75. The molecule has 0 aliphatic rings. The second-order valence-corrected chi connectivity index (χ2v) is 8.35. The molecule has 0 aliphatic heterocycles. The van der Waals surface area contributed by atoms with Crippen molar-refractivity contribution in [2.45, 2.75) is 27.8 Å². The minimum Gasteiger partial charge on any atom is -0.368 e. The molecule has 2 heterocycles. The van der Waals surface area contributed by atoms with Gasteiger partial charge in [0, 0.05) is 14.1 Å². The summed E-state index contributed by atoms with van der Waals surface area (Å²) in [6, 6.07) is 0. The maximum absolute atomic E-state index is 5.75. The number of nitrogens with zero attached hydrogens (tertiary/aromatic N) is 6. The summed E-state index contributed by atoms with van der Waals surface area (Å²) >= 11 is 4.85. The highest BCUT2D eigenvalue weighted by atomic mass is 32.2. The number of rotatable bonds is 6. The number of nitrogens with two attached hydrogens (primary N) is 1. The van der Waals surface area contributed by atoms with Crippen molar-refractivity contribution in [3.8, 4) is 0 Å². The van der Waals surface area contributed by atoms with E-state index in [2.05, 4.69) is 32.1 Å². The average Bonchev–Trinajstić information content (AvgIpc) is 2.85. The van der Waals surface area contributed by atoms with Crippen LogP contribution in [0.4, 0.5) is 11.9 Å². The first kappa shape index (κ1) is 16.2. The van der Waals surface area contributed by atoms with Crippen LogP contribution in [0.3, 0.4) is 0 Å². The Morgan fingerprint density at radius 2 is 1.90 bits per heavy atom. The second-order valence-electron chi connectivity index (χ2n) is 4.27. The fourth-order valence-corrected chi connectivity index (χ4v) is 4.52. The Labute approximate surface area is 136 Å². The van der Waals surface area contributed by atoms with Crippen molar-refractivity contribution in [1.29, 1.82) is 0 Å². The van der Waals surface area contributed by atoms with E-state index in [4.69, 9.17) is 5.73 Å². The van der Waals surface area contributed by atoms with Crippen LogP contribution in [0, 0.1) is 0 Å². The summed E-state index contributed by atoms with van der Waals surface area (Å²) in [5.41, 5.74) is 5.75. The molecular formula is C11H17N7S3. The third-order valence-corrected chi connectivity index (χ3v) is 5.47. The van der Waals surface area contributed by atoms with E-state index in [1.54, 1.807) is 39.8 Å². The Balaban J connectivity index is 2.13. The van der Waals surface area contributed by atoms with E-state index in [1.165, 1.54) is 0 Å². The molecule has 0 spiro atoms. The Hall–Kier alpha value is -1.13. The summed E-state index contributed by atoms with van der Waals surface area (Å²) in [4.78, 5) is 14.5. The van der Waals surface area contributed by atoms with E-state index in [1.807, 2.05) is 21.0 Å². The standard InChI is InChI=1S/C11H17N7S3/c1-5-19-10-16-17-11(21-10)20-6(2)7-13-8(12)15-9(14-7)18(3)4/h6H,5H2,1-4H3,(H2,12,13,14,15). The Morgan fingerprint density at radius 3 is 2.57 bits per heavy atom. The topological polar surface area (TPSA) is 93.7 Å². The predicted octanol–water partition coefficient (Wildman–Crippen LogP) is 2.34. The lowest BCUT2D eigenvalue weighted by atomic mass is 10.4. The maximum Gasteiger partial charge on any atom is 0.229 e. The molecule has 0 amide bonds. The van der Waals surface area contributed by atoms with Gasteiger partial charge in [0.15, 0.2) is 8.68 Å². The van der Waals surface area contributed by atoms with Crippen molar-refractivity contribution < 1.29 is 0 Å². The van der Waals surface area contributed by atoms with Gasteiger partial charge >= 0.3 is 0 Å². The molecule has 1 unspecified atom stereocenters. The molecule has 0 radical (unpaired) electrons. The van der Waals surface area contributed by atoms with Crippen molar-refractivity contribution in [3.05, 3.63) is 5.82 Å². The highest BCUT2D eigenvalue weighted by Gasteiger charge is 2.17. The molecule has 2 aromatic heterocycles. The summed E-state index contributed by atoms with van der Waals surface area (Å²) in [6.07, 6.45) is 0. The highest BCUT2D eigenvalue weighted by molar-refractivity contribution is 8.03. The fraction of sp³-hybridized carbons (Fsp3) is 0.545. The van der Waals surface area contributed by atoms with Crippen LogP contribution in [0.25, 0.3) is 0 Å².